The summed E-state index contributed by atoms with van der Waals surface area (Å²) in [5, 5.41) is 8.22. The van der Waals surface area contributed by atoms with E-state index in [1.54, 1.807) is 11.3 Å². The first kappa shape index (κ1) is 13.2. The van der Waals surface area contributed by atoms with Crippen LogP contribution in [-0.2, 0) is 4.79 Å². The predicted octanol–water partition coefficient (Wildman–Crippen LogP) is 2.31. The second kappa shape index (κ2) is 6.66. The van der Waals surface area contributed by atoms with E-state index < -0.39 is 0 Å². The number of amides is 1. The van der Waals surface area contributed by atoms with Crippen LogP contribution in [0.15, 0.2) is 17.5 Å². The zero-order chi connectivity index (χ0) is 12.0. The Kier molecular flexibility index (Phi) is 5.49. The minimum atomic E-state index is -0.149. The van der Waals surface area contributed by atoms with Crippen LogP contribution >= 0.6 is 11.3 Å². The maximum absolute atomic E-state index is 11.6. The maximum atomic E-state index is 11.6. The third-order valence-electron chi connectivity index (χ3n) is 2.41. The molecule has 0 bridgehead atoms. The molecule has 2 N–H and O–H groups in total. The van der Waals surface area contributed by atoms with Gasteiger partial charge in [0.15, 0.2) is 0 Å². The van der Waals surface area contributed by atoms with Gasteiger partial charge < -0.3 is 5.32 Å². The lowest BCUT2D eigenvalue weighted by atomic mass is 10.2. The summed E-state index contributed by atoms with van der Waals surface area (Å²) in [5.74, 6) is 0.0743. The summed E-state index contributed by atoms with van der Waals surface area (Å²) in [6.45, 7) is 6.77. The molecular weight excluding hydrogens is 220 g/mol. The van der Waals surface area contributed by atoms with Crippen LogP contribution in [0.1, 0.15) is 38.1 Å². The number of hydrogen-bond donors (Lipinski definition) is 2. The molecule has 0 aromatic carbocycles. The molecule has 0 saturated heterocycles. The average molecular weight is 240 g/mol. The third kappa shape index (κ3) is 3.94. The Morgan fingerprint density at radius 2 is 2.25 bits per heavy atom. The minimum Gasteiger partial charge on any atom is -0.355 e. The van der Waals surface area contributed by atoms with Gasteiger partial charge >= 0.3 is 0 Å². The summed E-state index contributed by atoms with van der Waals surface area (Å²) in [6.07, 6.45) is 0.971. The summed E-state index contributed by atoms with van der Waals surface area (Å²) >= 11 is 1.71. The van der Waals surface area contributed by atoms with Gasteiger partial charge in [0.1, 0.15) is 0 Å². The number of nitrogens with one attached hydrogen (secondary N) is 2. The van der Waals surface area contributed by atoms with E-state index in [4.69, 9.17) is 0 Å². The van der Waals surface area contributed by atoms with Crippen molar-refractivity contribution in [3.63, 3.8) is 0 Å². The fourth-order valence-corrected chi connectivity index (χ4v) is 2.22. The number of thiophene rings is 1. The molecule has 0 saturated carbocycles. The molecule has 2 unspecified atom stereocenters. The van der Waals surface area contributed by atoms with Gasteiger partial charge in [0.25, 0.3) is 0 Å². The standard InChI is InChI=1S/C12H20N2OS/c1-4-7-13-12(15)10(3)14-9(2)11-6-5-8-16-11/h5-6,8-10,14H,4,7H2,1-3H3,(H,13,15). The summed E-state index contributed by atoms with van der Waals surface area (Å²) in [5.41, 5.74) is 0. The number of hydrogen-bond acceptors (Lipinski definition) is 3. The number of carbonyl (C=O) groups is 1. The van der Waals surface area contributed by atoms with Crippen LogP contribution in [0.25, 0.3) is 0 Å². The molecule has 0 radical (unpaired) electrons. The molecule has 1 aromatic heterocycles. The molecule has 0 spiro atoms. The largest absolute Gasteiger partial charge is 0.355 e. The fraction of sp³-hybridized carbons (Fsp3) is 0.583. The van der Waals surface area contributed by atoms with Crippen LogP contribution in [-0.4, -0.2) is 18.5 Å². The highest BCUT2D eigenvalue weighted by Crippen LogP contribution is 2.18. The normalized spacial score (nSPS) is 14.4. The lowest BCUT2D eigenvalue weighted by molar-refractivity contribution is -0.122. The van der Waals surface area contributed by atoms with Crippen LogP contribution in [0, 0.1) is 0 Å². The van der Waals surface area contributed by atoms with Crippen LogP contribution in [0.4, 0.5) is 0 Å². The fourth-order valence-electron chi connectivity index (χ4n) is 1.47. The zero-order valence-electron chi connectivity index (χ0n) is 10.1. The molecule has 1 rings (SSSR count). The van der Waals surface area contributed by atoms with E-state index in [1.807, 2.05) is 19.9 Å². The summed E-state index contributed by atoms with van der Waals surface area (Å²) < 4.78 is 0. The molecule has 1 aromatic rings. The van der Waals surface area contributed by atoms with E-state index in [9.17, 15) is 4.79 Å². The monoisotopic (exact) mass is 240 g/mol. The van der Waals surface area contributed by atoms with Crippen molar-refractivity contribution in [2.75, 3.05) is 6.54 Å². The van der Waals surface area contributed by atoms with Gasteiger partial charge in [0.05, 0.1) is 6.04 Å². The van der Waals surface area contributed by atoms with Crippen LogP contribution < -0.4 is 10.6 Å². The van der Waals surface area contributed by atoms with Crippen molar-refractivity contribution in [1.82, 2.24) is 10.6 Å². The summed E-state index contributed by atoms with van der Waals surface area (Å²) in [4.78, 5) is 12.9. The molecule has 0 fully saturated rings. The quantitative estimate of drug-likeness (QED) is 0.801. The highest BCUT2D eigenvalue weighted by atomic mass is 32.1. The van der Waals surface area contributed by atoms with Crippen molar-refractivity contribution in [3.8, 4) is 0 Å². The Labute approximate surface area is 101 Å². The van der Waals surface area contributed by atoms with Gasteiger partial charge in [-0.3, -0.25) is 10.1 Å². The Hall–Kier alpha value is -0.870. The minimum absolute atomic E-state index is 0.0743. The molecule has 0 aliphatic heterocycles. The second-order valence-electron chi connectivity index (χ2n) is 3.92. The Morgan fingerprint density at radius 3 is 2.81 bits per heavy atom. The van der Waals surface area contributed by atoms with Crippen molar-refractivity contribution in [3.05, 3.63) is 22.4 Å². The maximum Gasteiger partial charge on any atom is 0.236 e. The van der Waals surface area contributed by atoms with E-state index in [0.717, 1.165) is 13.0 Å². The molecule has 0 aliphatic carbocycles. The highest BCUT2D eigenvalue weighted by Gasteiger charge is 2.15. The SMILES string of the molecule is CCCNC(=O)C(C)NC(C)c1cccs1. The van der Waals surface area contributed by atoms with Gasteiger partial charge in [-0.15, -0.1) is 11.3 Å². The molecule has 4 heteroatoms. The molecule has 1 heterocycles. The first-order valence-electron chi connectivity index (χ1n) is 5.72. The summed E-state index contributed by atoms with van der Waals surface area (Å²) in [6, 6.07) is 4.19. The zero-order valence-corrected chi connectivity index (χ0v) is 10.9. The number of rotatable bonds is 6. The van der Waals surface area contributed by atoms with Gasteiger partial charge in [-0.25, -0.2) is 0 Å². The Bertz CT molecular complexity index is 311. The van der Waals surface area contributed by atoms with E-state index >= 15 is 0 Å². The lowest BCUT2D eigenvalue weighted by Gasteiger charge is -2.18. The number of carbonyl (C=O) groups excluding carboxylic acids is 1. The van der Waals surface area contributed by atoms with E-state index in [0.29, 0.717) is 0 Å². The molecule has 16 heavy (non-hydrogen) atoms. The third-order valence-corrected chi connectivity index (χ3v) is 3.47. The van der Waals surface area contributed by atoms with Crippen molar-refractivity contribution in [2.45, 2.75) is 39.3 Å². The van der Waals surface area contributed by atoms with E-state index in [2.05, 4.69) is 29.0 Å². The van der Waals surface area contributed by atoms with Gasteiger partial charge in [-0.05, 0) is 31.7 Å². The topological polar surface area (TPSA) is 41.1 Å². The first-order chi connectivity index (χ1) is 7.65. The van der Waals surface area contributed by atoms with Crippen molar-refractivity contribution in [1.29, 1.82) is 0 Å². The van der Waals surface area contributed by atoms with Crippen LogP contribution in [0.2, 0.25) is 0 Å². The van der Waals surface area contributed by atoms with E-state index in [-0.39, 0.29) is 18.0 Å². The van der Waals surface area contributed by atoms with Gasteiger partial charge in [0, 0.05) is 17.5 Å². The Morgan fingerprint density at radius 1 is 1.50 bits per heavy atom. The molecule has 1 amide bonds. The van der Waals surface area contributed by atoms with Gasteiger partial charge in [-0.1, -0.05) is 13.0 Å². The molecule has 90 valence electrons. The molecule has 3 nitrogen and oxygen atoms in total. The van der Waals surface area contributed by atoms with Crippen molar-refractivity contribution >= 4 is 17.2 Å². The predicted molar refractivity (Wildman–Crippen MR) is 68.6 cm³/mol. The first-order valence-corrected chi connectivity index (χ1v) is 6.60. The van der Waals surface area contributed by atoms with Crippen LogP contribution in [0.5, 0.6) is 0 Å². The van der Waals surface area contributed by atoms with E-state index in [1.165, 1.54) is 4.88 Å². The molecule has 0 aliphatic rings. The molecular formula is C12H20N2OS. The molecule has 2 atom stereocenters. The second-order valence-corrected chi connectivity index (χ2v) is 4.90. The smallest absolute Gasteiger partial charge is 0.236 e. The van der Waals surface area contributed by atoms with Crippen molar-refractivity contribution in [2.24, 2.45) is 0 Å². The lowest BCUT2D eigenvalue weighted by Crippen LogP contribution is -2.43. The van der Waals surface area contributed by atoms with Crippen molar-refractivity contribution < 1.29 is 4.79 Å². The van der Waals surface area contributed by atoms with Gasteiger partial charge in [-0.2, -0.15) is 0 Å². The summed E-state index contributed by atoms with van der Waals surface area (Å²) in [7, 11) is 0. The van der Waals surface area contributed by atoms with Crippen LogP contribution in [0.3, 0.4) is 0 Å². The highest BCUT2D eigenvalue weighted by molar-refractivity contribution is 7.10. The average Bonchev–Trinajstić information content (AvgIpc) is 2.79. The Balaban J connectivity index is 2.38. The van der Waals surface area contributed by atoms with Gasteiger partial charge in [0.2, 0.25) is 5.91 Å².